The molecule has 0 aromatic rings. The number of nitrogens with zero attached hydrogens (tertiary/aromatic N) is 3. The van der Waals surface area contributed by atoms with Gasteiger partial charge in [0.2, 0.25) is 0 Å². The highest BCUT2D eigenvalue weighted by Gasteiger charge is 1.90. The number of hydrogen-bond donors (Lipinski definition) is 2. The molecule has 0 fully saturated rings. The molecule has 0 atom stereocenters. The predicted octanol–water partition coefficient (Wildman–Crippen LogP) is -1.01. The van der Waals surface area contributed by atoms with Crippen LogP contribution in [0.15, 0.2) is 0 Å². The normalized spacial score (nSPS) is 11.3. The zero-order chi connectivity index (χ0) is 7.28. The molecule has 56 valence electrons. The average molecular weight is 134 g/mol. The van der Waals surface area contributed by atoms with E-state index in [1.165, 1.54) is 12.2 Å². The average Bonchev–Trinajstić information content (AvgIpc) is 1.87. The van der Waals surface area contributed by atoms with Gasteiger partial charge in [-0.15, -0.1) is 12.2 Å². The lowest BCUT2D eigenvalue weighted by Gasteiger charge is -2.29. The summed E-state index contributed by atoms with van der Waals surface area (Å²) >= 11 is 0. The zero-order valence-electron chi connectivity index (χ0n) is 5.83. The highest BCUT2D eigenvalue weighted by atomic mass is 16.9. The van der Waals surface area contributed by atoms with E-state index in [-0.39, 0.29) is 0 Å². The molecule has 3 N–H and O–H groups in total. The molecule has 0 amide bonds. The van der Waals surface area contributed by atoms with Crippen molar-refractivity contribution >= 4 is 0 Å². The summed E-state index contributed by atoms with van der Waals surface area (Å²) in [7, 11) is 4.87. The van der Waals surface area contributed by atoms with E-state index in [0.717, 1.165) is 5.28 Å². The van der Waals surface area contributed by atoms with Gasteiger partial charge in [0.05, 0.1) is 0 Å². The Morgan fingerprint density at radius 1 is 1.67 bits per heavy atom. The summed E-state index contributed by atoms with van der Waals surface area (Å²) in [4.78, 5) is 4.72. The summed E-state index contributed by atoms with van der Waals surface area (Å²) in [6.45, 7) is 0. The Hall–Kier alpha value is -0.240. The molecule has 0 aliphatic rings. The topological polar surface area (TPSA) is 67.9 Å². The number of hydrogen-bond acceptors (Lipinski definition) is 5. The van der Waals surface area contributed by atoms with E-state index < -0.39 is 0 Å². The molecule has 0 heterocycles. The monoisotopic (exact) mass is 134 g/mol. The minimum absolute atomic E-state index is 0.844. The van der Waals surface area contributed by atoms with Crippen LogP contribution in [0.2, 0.25) is 0 Å². The smallest absolute Gasteiger partial charge is 0.0307 e. The van der Waals surface area contributed by atoms with Crippen molar-refractivity contribution in [3.63, 3.8) is 0 Å². The number of hydroxylamine groups is 1. The van der Waals surface area contributed by atoms with Gasteiger partial charge >= 0.3 is 0 Å². The van der Waals surface area contributed by atoms with Crippen molar-refractivity contribution < 1.29 is 4.94 Å². The fraction of sp³-hybridized carbons (Fsp3) is 1.00. The minimum atomic E-state index is 0.844. The van der Waals surface area contributed by atoms with E-state index in [2.05, 4.69) is 10.9 Å². The molecule has 0 saturated carbocycles. The molecule has 0 spiro atoms. The summed E-state index contributed by atoms with van der Waals surface area (Å²) in [6, 6.07) is 0. The zero-order valence-corrected chi connectivity index (χ0v) is 5.83. The van der Waals surface area contributed by atoms with Crippen LogP contribution in [0.1, 0.15) is 0 Å². The van der Waals surface area contributed by atoms with Gasteiger partial charge in [0.15, 0.2) is 0 Å². The first kappa shape index (κ1) is 8.76. The molecule has 0 saturated heterocycles. The Kier molecular flexibility index (Phi) is 4.50. The van der Waals surface area contributed by atoms with Gasteiger partial charge in [-0.3, -0.25) is 5.84 Å². The molecular weight excluding hydrogens is 122 g/mol. The van der Waals surface area contributed by atoms with Gasteiger partial charge in [-0.25, -0.2) is 10.7 Å². The van der Waals surface area contributed by atoms with Gasteiger partial charge in [-0.05, 0) is 0 Å². The van der Waals surface area contributed by atoms with Crippen molar-refractivity contribution in [3.05, 3.63) is 5.43 Å². The summed E-state index contributed by atoms with van der Waals surface area (Å²) in [6.07, 6.45) is 0. The lowest BCUT2D eigenvalue weighted by Crippen LogP contribution is -2.40. The van der Waals surface area contributed by atoms with E-state index in [1.54, 1.807) is 14.1 Å². The van der Waals surface area contributed by atoms with Crippen molar-refractivity contribution in [1.29, 1.82) is 0 Å². The van der Waals surface area contributed by atoms with Gasteiger partial charge in [0.25, 0.3) is 0 Å². The van der Waals surface area contributed by atoms with E-state index in [0.29, 0.717) is 0 Å². The van der Waals surface area contributed by atoms with Crippen LogP contribution in [-0.2, 0) is 4.94 Å². The summed E-state index contributed by atoms with van der Waals surface area (Å²) in [5, 5.41) is 2.16. The standard InChI is InChI=1S/C3H12N5O/c1-5-7(3)9-8(4)6-2/h5H,4H2,1-3H3/q-1. The van der Waals surface area contributed by atoms with Gasteiger partial charge in [0.1, 0.15) is 0 Å². The van der Waals surface area contributed by atoms with Gasteiger partial charge in [0, 0.05) is 14.1 Å². The van der Waals surface area contributed by atoms with Gasteiger partial charge in [-0.2, -0.15) is 4.94 Å². The van der Waals surface area contributed by atoms with Crippen LogP contribution in [0.3, 0.4) is 0 Å². The third kappa shape index (κ3) is 4.28. The Bertz CT molecular complexity index is 61.2. The molecule has 6 nitrogen and oxygen atoms in total. The molecule has 0 aliphatic carbocycles. The Labute approximate surface area is 54.4 Å². The molecule has 0 aliphatic heterocycles. The lowest BCUT2D eigenvalue weighted by atomic mass is 11.4. The highest BCUT2D eigenvalue weighted by molar-refractivity contribution is 4.49. The Morgan fingerprint density at radius 3 is 2.56 bits per heavy atom. The number of hydrazine groups is 2. The maximum Gasteiger partial charge on any atom is 0.0307 e. The molecule has 9 heavy (non-hydrogen) atoms. The predicted molar refractivity (Wildman–Crippen MR) is 33.2 cm³/mol. The van der Waals surface area contributed by atoms with Crippen molar-refractivity contribution in [1.82, 2.24) is 15.9 Å². The Balaban J connectivity index is 3.22. The second-order valence-electron chi connectivity index (χ2n) is 1.31. The van der Waals surface area contributed by atoms with Crippen LogP contribution in [0.4, 0.5) is 0 Å². The van der Waals surface area contributed by atoms with Crippen molar-refractivity contribution in [3.8, 4) is 0 Å². The molecule has 0 unspecified atom stereocenters. The van der Waals surface area contributed by atoms with E-state index >= 15 is 0 Å². The molecule has 0 aromatic carbocycles. The summed E-state index contributed by atoms with van der Waals surface area (Å²) in [5.74, 6) is 5.11. The minimum Gasteiger partial charge on any atom is -0.555 e. The van der Waals surface area contributed by atoms with Crippen LogP contribution < -0.4 is 11.3 Å². The van der Waals surface area contributed by atoms with Crippen LogP contribution in [0.25, 0.3) is 5.43 Å². The third-order valence-corrected chi connectivity index (χ3v) is 0.718. The van der Waals surface area contributed by atoms with Crippen molar-refractivity contribution in [2.45, 2.75) is 0 Å². The quantitative estimate of drug-likeness (QED) is 0.381. The molecule has 6 heteroatoms. The SMILES string of the molecule is C[N-]N(N)ON(C)NC. The molecule has 0 radical (unpaired) electrons. The fourth-order valence-corrected chi connectivity index (χ4v) is 0.203. The van der Waals surface area contributed by atoms with Crippen molar-refractivity contribution in [2.75, 3.05) is 21.1 Å². The van der Waals surface area contributed by atoms with E-state index in [1.807, 2.05) is 0 Å². The lowest BCUT2D eigenvalue weighted by molar-refractivity contribution is -0.320. The molecule has 0 aromatic heterocycles. The van der Waals surface area contributed by atoms with Gasteiger partial charge < -0.3 is 5.43 Å². The van der Waals surface area contributed by atoms with Crippen LogP contribution in [-0.4, -0.2) is 31.6 Å². The summed E-state index contributed by atoms with van der Waals surface area (Å²) in [5.41, 5.74) is 6.14. The largest absolute Gasteiger partial charge is 0.555 e. The maximum atomic E-state index is 5.11. The Morgan fingerprint density at radius 2 is 2.22 bits per heavy atom. The first-order valence-corrected chi connectivity index (χ1v) is 2.44. The van der Waals surface area contributed by atoms with Crippen molar-refractivity contribution in [2.24, 2.45) is 5.84 Å². The molecule has 0 rings (SSSR count). The van der Waals surface area contributed by atoms with Crippen LogP contribution >= 0.6 is 0 Å². The first-order valence-electron chi connectivity index (χ1n) is 2.44. The molecular formula is C3H12N5O-. The molecule has 0 bridgehead atoms. The summed E-state index contributed by atoms with van der Waals surface area (Å²) < 4.78 is 0. The number of nitrogens with one attached hydrogen (secondary N) is 1. The highest BCUT2D eigenvalue weighted by Crippen LogP contribution is 1.86. The third-order valence-electron chi connectivity index (χ3n) is 0.718. The fourth-order valence-electron chi connectivity index (χ4n) is 0.203. The number of nitrogens with two attached hydrogens (primary N) is 1. The van der Waals surface area contributed by atoms with Gasteiger partial charge in [-0.1, -0.05) is 0 Å². The van der Waals surface area contributed by atoms with E-state index in [9.17, 15) is 0 Å². The second kappa shape index (κ2) is 4.62. The second-order valence-corrected chi connectivity index (χ2v) is 1.31. The maximum absolute atomic E-state index is 5.11. The van der Waals surface area contributed by atoms with Crippen LogP contribution in [0.5, 0.6) is 0 Å². The first-order chi connectivity index (χ1) is 4.20. The van der Waals surface area contributed by atoms with Crippen LogP contribution in [0, 0.1) is 0 Å². The van der Waals surface area contributed by atoms with E-state index in [4.69, 9.17) is 10.8 Å². The number of rotatable bonds is 4.